The average molecular weight is 851 g/mol. The molecular formula is C48H43ClN6O5S. The second kappa shape index (κ2) is 19.6. The Hall–Kier alpha value is -6.63. The molecule has 3 aromatic heterocycles. The lowest BCUT2D eigenvalue weighted by atomic mass is 10.1. The first-order valence-corrected chi connectivity index (χ1v) is 21.4. The number of nitrogens with one attached hydrogen (secondary N) is 1. The molecule has 2 fully saturated rings. The lowest BCUT2D eigenvalue weighted by Crippen LogP contribution is -2.43. The Bertz CT molecular complexity index is 2580. The van der Waals surface area contributed by atoms with Crippen molar-refractivity contribution in [2.75, 3.05) is 18.4 Å². The van der Waals surface area contributed by atoms with Crippen molar-refractivity contribution in [1.29, 1.82) is 0 Å². The highest BCUT2D eigenvalue weighted by atomic mass is 35.5. The molecule has 3 amide bonds. The first-order chi connectivity index (χ1) is 29.9. The van der Waals surface area contributed by atoms with Gasteiger partial charge in [0.25, 0.3) is 0 Å². The van der Waals surface area contributed by atoms with Crippen molar-refractivity contribution in [2.45, 2.75) is 51.0 Å². The summed E-state index contributed by atoms with van der Waals surface area (Å²) in [6.45, 7) is 1.61. The van der Waals surface area contributed by atoms with Crippen LogP contribution in [0.1, 0.15) is 47.9 Å². The topological polar surface area (TPSA) is 127 Å². The summed E-state index contributed by atoms with van der Waals surface area (Å²) in [6, 6.07) is 41.8. The predicted octanol–water partition coefficient (Wildman–Crippen LogP) is 11.0. The summed E-state index contributed by atoms with van der Waals surface area (Å²) >= 11 is 8.03. The second-order valence-electron chi connectivity index (χ2n) is 14.6. The molecule has 0 saturated carbocycles. The molecule has 5 heterocycles. The molecule has 0 spiro atoms. The van der Waals surface area contributed by atoms with E-state index >= 15 is 0 Å². The number of halogens is 1. The average Bonchev–Trinajstić information content (AvgIpc) is 4.10. The Balaban J connectivity index is 0.000000168. The third-order valence-electron chi connectivity index (χ3n) is 10.5. The van der Waals surface area contributed by atoms with Gasteiger partial charge in [-0.1, -0.05) is 133 Å². The molecule has 9 rings (SSSR count). The molecule has 2 aliphatic heterocycles. The van der Waals surface area contributed by atoms with Crippen LogP contribution in [-0.4, -0.2) is 62.0 Å². The molecule has 2 aliphatic rings. The molecule has 11 nitrogen and oxygen atoms in total. The highest BCUT2D eigenvalue weighted by Crippen LogP contribution is 2.39. The molecule has 13 heteroatoms. The Morgan fingerprint density at radius 1 is 0.656 bits per heavy atom. The second-order valence-corrected chi connectivity index (χ2v) is 16.0. The van der Waals surface area contributed by atoms with Crippen molar-refractivity contribution in [2.24, 2.45) is 0 Å². The molecule has 7 aromatic rings. The fraction of sp³-hybridized carbons (Fsp3) is 0.208. The number of aromatic nitrogens is 3. The molecule has 61 heavy (non-hydrogen) atoms. The zero-order valence-electron chi connectivity index (χ0n) is 33.2. The Labute approximate surface area is 363 Å². The monoisotopic (exact) mass is 850 g/mol. The van der Waals surface area contributed by atoms with Crippen LogP contribution in [0.2, 0.25) is 5.02 Å². The van der Waals surface area contributed by atoms with Gasteiger partial charge >= 0.3 is 12.2 Å². The van der Waals surface area contributed by atoms with Crippen LogP contribution in [0.3, 0.4) is 0 Å². The number of anilines is 1. The van der Waals surface area contributed by atoms with E-state index in [1.165, 1.54) is 4.90 Å². The SMILES string of the molecule is O=C(Nc1c(Cl)ccnc1-c1ccccc1)[C@@H]1CCCN1C(=O)OCc1ccccc1.O=C(OCc1ccccc1)N1CCC[C@H]1c1nc2c(-c3ccccc3)nccc2s1. The van der Waals surface area contributed by atoms with Gasteiger partial charge in [0.1, 0.15) is 29.8 Å². The number of hydrogen-bond acceptors (Lipinski definition) is 9. The van der Waals surface area contributed by atoms with Crippen LogP contribution >= 0.6 is 22.9 Å². The Kier molecular flexibility index (Phi) is 13.2. The van der Waals surface area contributed by atoms with E-state index in [-0.39, 0.29) is 31.3 Å². The summed E-state index contributed by atoms with van der Waals surface area (Å²) in [5.74, 6) is -0.304. The van der Waals surface area contributed by atoms with Gasteiger partial charge in [-0.15, -0.1) is 11.3 Å². The lowest BCUT2D eigenvalue weighted by Gasteiger charge is -2.24. The van der Waals surface area contributed by atoms with Gasteiger partial charge in [0.05, 0.1) is 32.8 Å². The van der Waals surface area contributed by atoms with Crippen molar-refractivity contribution in [1.82, 2.24) is 24.8 Å². The van der Waals surface area contributed by atoms with Gasteiger partial charge in [0.15, 0.2) is 0 Å². The van der Waals surface area contributed by atoms with Crippen LogP contribution < -0.4 is 5.32 Å². The van der Waals surface area contributed by atoms with E-state index in [1.54, 1.807) is 23.6 Å². The van der Waals surface area contributed by atoms with E-state index in [1.807, 2.05) is 138 Å². The summed E-state index contributed by atoms with van der Waals surface area (Å²) in [5.41, 5.74) is 6.56. The van der Waals surface area contributed by atoms with Crippen molar-refractivity contribution >= 4 is 56.9 Å². The van der Waals surface area contributed by atoms with Crippen LogP contribution in [0.4, 0.5) is 15.3 Å². The summed E-state index contributed by atoms with van der Waals surface area (Å²) in [4.78, 5) is 55.7. The van der Waals surface area contributed by atoms with Gasteiger partial charge in [-0.3, -0.25) is 24.6 Å². The fourth-order valence-corrected chi connectivity index (χ4v) is 8.81. The third kappa shape index (κ3) is 9.88. The number of likely N-dealkylation sites (tertiary alicyclic amines) is 2. The number of fused-ring (bicyclic) bond motifs is 1. The molecule has 2 saturated heterocycles. The van der Waals surface area contributed by atoms with Gasteiger partial charge in [0.2, 0.25) is 5.91 Å². The van der Waals surface area contributed by atoms with E-state index in [4.69, 9.17) is 26.1 Å². The minimum absolute atomic E-state index is 0.0469. The number of carbonyl (C=O) groups excluding carboxylic acids is 3. The van der Waals surface area contributed by atoms with Crippen molar-refractivity contribution in [3.05, 3.63) is 167 Å². The molecule has 0 aliphatic carbocycles. The summed E-state index contributed by atoms with van der Waals surface area (Å²) in [7, 11) is 0. The van der Waals surface area contributed by atoms with Crippen LogP contribution in [0.15, 0.2) is 146 Å². The van der Waals surface area contributed by atoms with Gasteiger partial charge < -0.3 is 14.8 Å². The predicted molar refractivity (Wildman–Crippen MR) is 238 cm³/mol. The van der Waals surface area contributed by atoms with Crippen molar-refractivity contribution in [3.8, 4) is 22.5 Å². The van der Waals surface area contributed by atoms with Crippen molar-refractivity contribution in [3.63, 3.8) is 0 Å². The summed E-state index contributed by atoms with van der Waals surface area (Å²) in [5, 5.41) is 4.23. The quantitative estimate of drug-likeness (QED) is 0.152. The van der Waals surface area contributed by atoms with Crippen LogP contribution in [0, 0.1) is 0 Å². The summed E-state index contributed by atoms with van der Waals surface area (Å²) in [6.07, 6.45) is 5.79. The highest BCUT2D eigenvalue weighted by Gasteiger charge is 2.36. The molecular weight excluding hydrogens is 808 g/mol. The van der Waals surface area contributed by atoms with Crippen LogP contribution in [0.25, 0.3) is 32.7 Å². The maximum absolute atomic E-state index is 13.1. The maximum atomic E-state index is 13.1. The largest absolute Gasteiger partial charge is 0.445 e. The van der Waals surface area contributed by atoms with E-state index in [2.05, 4.69) is 15.3 Å². The molecule has 4 aromatic carbocycles. The molecule has 1 N–H and O–H groups in total. The number of hydrogen-bond donors (Lipinski definition) is 1. The van der Waals surface area contributed by atoms with E-state index in [9.17, 15) is 14.4 Å². The zero-order valence-corrected chi connectivity index (χ0v) is 34.8. The molecule has 0 bridgehead atoms. The smallest absolute Gasteiger partial charge is 0.410 e. The molecule has 0 radical (unpaired) electrons. The standard InChI is InChI=1S/C24H22ClN3O3.C24H21N3O2S/c25-19-13-14-26-21(18-10-5-2-6-11-18)22(19)27-23(29)20-12-7-15-28(20)24(30)31-16-17-8-3-1-4-9-17;28-24(29-16-17-8-3-1-4-9-17)27-15-7-12-19(27)23-26-22-20(30-23)13-14-25-21(22)18-10-5-2-6-11-18/h1-6,8-11,13-14,20H,7,12,15-16H2,(H,27,29);1-6,8-11,13-14,19H,7,12,15-16H2/t20-;19-/m00/s1. The number of nitrogens with zero attached hydrogens (tertiary/aromatic N) is 5. The van der Waals surface area contributed by atoms with Crippen LogP contribution in [0.5, 0.6) is 0 Å². The summed E-state index contributed by atoms with van der Waals surface area (Å²) < 4.78 is 12.1. The number of carbonyl (C=O) groups is 3. The number of ether oxygens (including phenoxy) is 2. The lowest BCUT2D eigenvalue weighted by molar-refractivity contribution is -0.120. The van der Waals surface area contributed by atoms with E-state index in [0.29, 0.717) is 35.9 Å². The molecule has 308 valence electrons. The van der Waals surface area contributed by atoms with Gasteiger partial charge in [-0.2, -0.15) is 0 Å². The minimum Gasteiger partial charge on any atom is -0.445 e. The number of pyridine rings is 2. The third-order valence-corrected chi connectivity index (χ3v) is 12.0. The van der Waals surface area contributed by atoms with E-state index in [0.717, 1.165) is 62.4 Å². The molecule has 0 unspecified atom stereocenters. The highest BCUT2D eigenvalue weighted by molar-refractivity contribution is 7.18. The maximum Gasteiger partial charge on any atom is 0.410 e. The van der Waals surface area contributed by atoms with Crippen molar-refractivity contribution < 1.29 is 23.9 Å². The van der Waals surface area contributed by atoms with Gasteiger partial charge in [-0.25, -0.2) is 14.6 Å². The number of rotatable bonds is 9. The molecule has 2 atom stereocenters. The fourth-order valence-electron chi connectivity index (χ4n) is 7.50. The van der Waals surface area contributed by atoms with Crippen LogP contribution in [-0.2, 0) is 27.5 Å². The Morgan fingerprint density at radius 2 is 1.18 bits per heavy atom. The normalized spacial score (nSPS) is 15.8. The Morgan fingerprint density at radius 3 is 1.82 bits per heavy atom. The van der Waals surface area contributed by atoms with E-state index < -0.39 is 12.1 Å². The number of thiazole rings is 1. The van der Waals surface area contributed by atoms with Gasteiger partial charge in [-0.05, 0) is 48.9 Å². The van der Waals surface area contributed by atoms with Gasteiger partial charge in [0, 0.05) is 36.6 Å². The first kappa shape index (κ1) is 41.1. The number of amides is 3. The zero-order chi connectivity index (χ0) is 42.0. The first-order valence-electron chi connectivity index (χ1n) is 20.2. The minimum atomic E-state index is -0.622. The number of benzene rings is 4.